The fraction of sp³-hybridized carbons (Fsp3) is 0.625. The maximum atomic E-state index is 12.8. The van der Waals surface area contributed by atoms with Crippen molar-refractivity contribution < 1.29 is 13.2 Å². The highest BCUT2D eigenvalue weighted by Gasteiger charge is 2.50. The van der Waals surface area contributed by atoms with Crippen LogP contribution in [0.4, 0.5) is 0 Å². The Bertz CT molecular complexity index is 677. The van der Waals surface area contributed by atoms with E-state index < -0.39 is 15.1 Å². The number of likely N-dealkylation sites (tertiary alicyclic amines) is 1. The predicted octanol–water partition coefficient (Wildman–Crippen LogP) is 0.405. The number of hydrogen-bond acceptors (Lipinski definition) is 5. The average Bonchev–Trinajstić information content (AvgIpc) is 2.91. The quantitative estimate of drug-likeness (QED) is 0.799. The minimum atomic E-state index is -3.07. The van der Waals surface area contributed by atoms with Crippen LogP contribution in [-0.2, 0) is 21.2 Å². The van der Waals surface area contributed by atoms with Crippen molar-refractivity contribution in [1.82, 2.24) is 14.8 Å². The number of aromatic nitrogens is 1. The molecule has 0 saturated carbocycles. The smallest absolute Gasteiger partial charge is 0.226 e. The first-order chi connectivity index (χ1) is 10.9. The van der Waals surface area contributed by atoms with Gasteiger partial charge in [0.2, 0.25) is 5.91 Å². The molecule has 126 valence electrons. The summed E-state index contributed by atoms with van der Waals surface area (Å²) in [6, 6.07) is 5.63. The first-order valence-electron chi connectivity index (χ1n) is 7.93. The van der Waals surface area contributed by atoms with Crippen molar-refractivity contribution in [2.45, 2.75) is 18.2 Å². The van der Waals surface area contributed by atoms with Crippen LogP contribution in [0.25, 0.3) is 0 Å². The Kier molecular flexibility index (Phi) is 4.42. The Balaban J connectivity index is 1.74. The lowest BCUT2D eigenvalue weighted by molar-refractivity contribution is -0.136. The van der Waals surface area contributed by atoms with E-state index in [1.165, 1.54) is 0 Å². The number of amides is 1. The van der Waals surface area contributed by atoms with E-state index in [9.17, 15) is 13.2 Å². The van der Waals surface area contributed by atoms with Gasteiger partial charge in [-0.2, -0.15) is 0 Å². The van der Waals surface area contributed by atoms with Gasteiger partial charge in [-0.05, 0) is 25.6 Å². The van der Waals surface area contributed by atoms with E-state index in [0.29, 0.717) is 26.1 Å². The number of rotatable bonds is 3. The lowest BCUT2D eigenvalue weighted by Crippen LogP contribution is -2.47. The molecule has 6 nitrogen and oxygen atoms in total. The van der Waals surface area contributed by atoms with E-state index in [1.807, 2.05) is 30.1 Å². The topological polar surface area (TPSA) is 70.6 Å². The number of pyridine rings is 1. The summed E-state index contributed by atoms with van der Waals surface area (Å²) in [4.78, 5) is 20.8. The van der Waals surface area contributed by atoms with E-state index in [0.717, 1.165) is 5.69 Å². The van der Waals surface area contributed by atoms with Crippen molar-refractivity contribution in [1.29, 1.82) is 0 Å². The lowest BCUT2D eigenvalue weighted by atomic mass is 9.87. The molecule has 0 unspecified atom stereocenters. The van der Waals surface area contributed by atoms with E-state index in [-0.39, 0.29) is 23.5 Å². The van der Waals surface area contributed by atoms with Gasteiger partial charge >= 0.3 is 0 Å². The summed E-state index contributed by atoms with van der Waals surface area (Å²) in [5.41, 5.74) is 0.840. The molecule has 3 heterocycles. The van der Waals surface area contributed by atoms with Gasteiger partial charge in [-0.1, -0.05) is 6.07 Å². The van der Waals surface area contributed by atoms with Crippen LogP contribution in [0.2, 0.25) is 0 Å². The van der Waals surface area contributed by atoms with Gasteiger partial charge in [0.05, 0.1) is 23.2 Å². The molecule has 1 amide bonds. The van der Waals surface area contributed by atoms with Gasteiger partial charge in [-0.25, -0.2) is 8.42 Å². The Morgan fingerprint density at radius 1 is 1.39 bits per heavy atom. The second kappa shape index (κ2) is 6.20. The van der Waals surface area contributed by atoms with Gasteiger partial charge in [0.25, 0.3) is 0 Å². The van der Waals surface area contributed by atoms with Crippen LogP contribution < -0.4 is 0 Å². The SMILES string of the molecule is CN1C[C@H]2[C@@H](C1)S(=O)(=O)CC[C@H]2C(=O)N(C)Cc1ccccn1. The molecule has 0 aliphatic carbocycles. The Morgan fingerprint density at radius 2 is 2.17 bits per heavy atom. The highest BCUT2D eigenvalue weighted by molar-refractivity contribution is 7.92. The van der Waals surface area contributed by atoms with Crippen LogP contribution in [0.15, 0.2) is 24.4 Å². The fourth-order valence-corrected chi connectivity index (χ4v) is 5.99. The summed E-state index contributed by atoms with van der Waals surface area (Å²) >= 11 is 0. The van der Waals surface area contributed by atoms with Gasteiger partial charge in [-0.3, -0.25) is 9.78 Å². The summed E-state index contributed by atoms with van der Waals surface area (Å²) in [7, 11) is 0.626. The maximum absolute atomic E-state index is 12.8. The molecule has 23 heavy (non-hydrogen) atoms. The predicted molar refractivity (Wildman–Crippen MR) is 87.4 cm³/mol. The van der Waals surface area contributed by atoms with Gasteiger partial charge in [-0.15, -0.1) is 0 Å². The molecule has 2 saturated heterocycles. The van der Waals surface area contributed by atoms with Gasteiger partial charge in [0.15, 0.2) is 9.84 Å². The number of nitrogens with zero attached hydrogens (tertiary/aromatic N) is 3. The third-order valence-corrected chi connectivity index (χ3v) is 7.23. The second-order valence-corrected chi connectivity index (χ2v) is 9.04. The molecule has 0 radical (unpaired) electrons. The Hall–Kier alpha value is -1.47. The van der Waals surface area contributed by atoms with Crippen LogP contribution in [0.5, 0.6) is 0 Å². The van der Waals surface area contributed by atoms with Crippen LogP contribution >= 0.6 is 0 Å². The molecule has 3 atom stereocenters. The highest BCUT2D eigenvalue weighted by Crippen LogP contribution is 2.37. The number of carbonyl (C=O) groups is 1. The van der Waals surface area contributed by atoms with Gasteiger partial charge in [0.1, 0.15) is 0 Å². The monoisotopic (exact) mass is 337 g/mol. The van der Waals surface area contributed by atoms with Crippen LogP contribution in [-0.4, -0.2) is 67.3 Å². The summed E-state index contributed by atoms with van der Waals surface area (Å²) < 4.78 is 24.6. The molecule has 3 rings (SSSR count). The molecule has 0 bridgehead atoms. The number of hydrogen-bond donors (Lipinski definition) is 0. The standard InChI is InChI=1S/C16H23N3O3S/c1-18-10-14-13(6-8-23(21,22)15(14)11-18)16(20)19(2)9-12-5-3-4-7-17-12/h3-5,7,13-15H,6,8-11H2,1-2H3/t13-,14-,15-/m1/s1. The highest BCUT2D eigenvalue weighted by atomic mass is 32.2. The van der Waals surface area contributed by atoms with Crippen LogP contribution in [0.1, 0.15) is 12.1 Å². The number of sulfone groups is 1. The van der Waals surface area contributed by atoms with Crippen molar-refractivity contribution in [2.75, 3.05) is 32.9 Å². The molecule has 7 heteroatoms. The molecular formula is C16H23N3O3S. The molecule has 2 aliphatic rings. The maximum Gasteiger partial charge on any atom is 0.226 e. The normalized spacial score (nSPS) is 29.9. The van der Waals surface area contributed by atoms with E-state index in [4.69, 9.17) is 0 Å². The Labute approximate surface area is 137 Å². The second-order valence-electron chi connectivity index (χ2n) is 6.70. The Morgan fingerprint density at radius 3 is 2.87 bits per heavy atom. The van der Waals surface area contributed by atoms with E-state index >= 15 is 0 Å². The van der Waals surface area contributed by atoms with Crippen LogP contribution in [0, 0.1) is 11.8 Å². The number of fused-ring (bicyclic) bond motifs is 1. The molecule has 2 aliphatic heterocycles. The summed E-state index contributed by atoms with van der Waals surface area (Å²) in [6.45, 7) is 1.68. The summed E-state index contributed by atoms with van der Waals surface area (Å²) in [5.74, 6) is -0.133. The van der Waals surface area contributed by atoms with Crippen molar-refractivity contribution in [2.24, 2.45) is 11.8 Å². The van der Waals surface area contributed by atoms with Gasteiger partial charge in [0, 0.05) is 38.2 Å². The largest absolute Gasteiger partial charge is 0.340 e. The summed E-state index contributed by atoms with van der Waals surface area (Å²) in [5, 5.41) is -0.390. The third-order valence-electron chi connectivity index (χ3n) is 5.00. The molecule has 0 aromatic carbocycles. The molecule has 2 fully saturated rings. The minimum absolute atomic E-state index is 0.0378. The zero-order chi connectivity index (χ0) is 16.6. The number of carbonyl (C=O) groups excluding carboxylic acids is 1. The van der Waals surface area contributed by atoms with Crippen molar-refractivity contribution >= 4 is 15.7 Å². The fourth-order valence-electron chi connectivity index (χ4n) is 3.82. The average molecular weight is 337 g/mol. The van der Waals surface area contributed by atoms with E-state index in [1.54, 1.807) is 18.1 Å². The molecule has 1 aromatic rings. The molecule has 0 spiro atoms. The molecule has 0 N–H and O–H groups in total. The summed E-state index contributed by atoms with van der Waals surface area (Å²) in [6.07, 6.45) is 2.14. The first-order valence-corrected chi connectivity index (χ1v) is 9.65. The van der Waals surface area contributed by atoms with Gasteiger partial charge < -0.3 is 9.80 Å². The zero-order valence-electron chi connectivity index (χ0n) is 13.6. The van der Waals surface area contributed by atoms with Crippen molar-refractivity contribution in [3.63, 3.8) is 0 Å². The first kappa shape index (κ1) is 16.4. The van der Waals surface area contributed by atoms with Crippen molar-refractivity contribution in [3.8, 4) is 0 Å². The lowest BCUT2D eigenvalue weighted by Gasteiger charge is -2.34. The minimum Gasteiger partial charge on any atom is -0.340 e. The molecule has 1 aromatic heterocycles. The zero-order valence-corrected chi connectivity index (χ0v) is 14.4. The third kappa shape index (κ3) is 3.26. The van der Waals surface area contributed by atoms with E-state index in [2.05, 4.69) is 4.98 Å². The molecular weight excluding hydrogens is 314 g/mol. The van der Waals surface area contributed by atoms with Crippen LogP contribution in [0.3, 0.4) is 0 Å². The van der Waals surface area contributed by atoms with Crippen molar-refractivity contribution in [3.05, 3.63) is 30.1 Å².